The van der Waals surface area contributed by atoms with Crippen LogP contribution in [0, 0.1) is 0 Å². The monoisotopic (exact) mass is 303 g/mol. The van der Waals surface area contributed by atoms with Gasteiger partial charge in [-0.05, 0) is 31.0 Å². The van der Waals surface area contributed by atoms with Crippen LogP contribution in [0.2, 0.25) is 0 Å². The molecule has 22 heavy (non-hydrogen) atoms. The van der Waals surface area contributed by atoms with Crippen LogP contribution in [0.3, 0.4) is 0 Å². The summed E-state index contributed by atoms with van der Waals surface area (Å²) in [7, 11) is 0. The Balaban J connectivity index is 1.88. The fourth-order valence-electron chi connectivity index (χ4n) is 2.66. The predicted molar refractivity (Wildman–Crippen MR) is 87.7 cm³/mol. The van der Waals surface area contributed by atoms with Crippen molar-refractivity contribution in [1.29, 1.82) is 0 Å². The fourth-order valence-corrected chi connectivity index (χ4v) is 2.66. The van der Waals surface area contributed by atoms with E-state index in [9.17, 15) is 9.59 Å². The van der Waals surface area contributed by atoms with Gasteiger partial charge in [-0.1, -0.05) is 19.1 Å². The predicted octanol–water partition coefficient (Wildman–Crippen LogP) is 1.74. The molecular formula is C17H25N3O2. The first kappa shape index (κ1) is 16.5. The van der Waals surface area contributed by atoms with Crippen LogP contribution in [-0.4, -0.2) is 53.8 Å². The fraction of sp³-hybridized carbons (Fsp3) is 0.529. The van der Waals surface area contributed by atoms with Crippen molar-refractivity contribution in [2.75, 3.05) is 31.5 Å². The molecule has 0 spiro atoms. The minimum atomic E-state index is -0.194. The van der Waals surface area contributed by atoms with Crippen molar-refractivity contribution in [1.82, 2.24) is 9.80 Å². The second-order valence-electron chi connectivity index (χ2n) is 5.76. The lowest BCUT2D eigenvalue weighted by Crippen LogP contribution is -2.53. The van der Waals surface area contributed by atoms with E-state index in [1.807, 2.05) is 36.1 Å². The molecule has 0 saturated carbocycles. The lowest BCUT2D eigenvalue weighted by Gasteiger charge is -2.37. The Morgan fingerprint density at radius 2 is 1.73 bits per heavy atom. The van der Waals surface area contributed by atoms with Gasteiger partial charge < -0.3 is 10.2 Å². The molecule has 1 N–H and O–H groups in total. The lowest BCUT2D eigenvalue weighted by molar-refractivity contribution is -0.131. The van der Waals surface area contributed by atoms with Crippen LogP contribution in [0.4, 0.5) is 5.69 Å². The Kier molecular flexibility index (Phi) is 5.55. The third kappa shape index (κ3) is 4.07. The van der Waals surface area contributed by atoms with Crippen LogP contribution >= 0.6 is 0 Å². The van der Waals surface area contributed by atoms with E-state index in [4.69, 9.17) is 0 Å². The number of amides is 2. The SMILES string of the molecule is CCc1ccc(NC(=O)[C@@H](C)N2CCN(C(C)=O)CC2)cc1. The molecule has 0 unspecified atom stereocenters. The first-order valence-corrected chi connectivity index (χ1v) is 7.90. The zero-order valence-corrected chi connectivity index (χ0v) is 13.6. The summed E-state index contributed by atoms with van der Waals surface area (Å²) in [6.07, 6.45) is 0.991. The number of piperazine rings is 1. The van der Waals surface area contributed by atoms with Crippen molar-refractivity contribution in [3.63, 3.8) is 0 Å². The van der Waals surface area contributed by atoms with Crippen LogP contribution in [0.1, 0.15) is 26.3 Å². The largest absolute Gasteiger partial charge is 0.340 e. The summed E-state index contributed by atoms with van der Waals surface area (Å²) in [5.74, 6) is 0.105. The Labute approximate surface area is 132 Å². The molecule has 5 nitrogen and oxygen atoms in total. The highest BCUT2D eigenvalue weighted by Crippen LogP contribution is 2.12. The molecule has 1 fully saturated rings. The van der Waals surface area contributed by atoms with Crippen LogP contribution in [0.5, 0.6) is 0 Å². The van der Waals surface area contributed by atoms with Gasteiger partial charge in [-0.2, -0.15) is 0 Å². The van der Waals surface area contributed by atoms with E-state index < -0.39 is 0 Å². The number of nitrogens with zero attached hydrogens (tertiary/aromatic N) is 2. The molecule has 1 aromatic carbocycles. The van der Waals surface area contributed by atoms with E-state index in [1.165, 1.54) is 5.56 Å². The summed E-state index contributed by atoms with van der Waals surface area (Å²) in [5, 5.41) is 2.96. The van der Waals surface area contributed by atoms with Gasteiger partial charge in [0.25, 0.3) is 0 Å². The summed E-state index contributed by atoms with van der Waals surface area (Å²) in [6, 6.07) is 7.76. The average molecular weight is 303 g/mol. The highest BCUT2D eigenvalue weighted by molar-refractivity contribution is 5.94. The topological polar surface area (TPSA) is 52.7 Å². The summed E-state index contributed by atoms with van der Waals surface area (Å²) < 4.78 is 0. The van der Waals surface area contributed by atoms with Crippen LogP contribution in [-0.2, 0) is 16.0 Å². The van der Waals surface area contributed by atoms with Gasteiger partial charge in [0.2, 0.25) is 11.8 Å². The maximum atomic E-state index is 12.3. The number of nitrogens with one attached hydrogen (secondary N) is 1. The van der Waals surface area contributed by atoms with Crippen molar-refractivity contribution < 1.29 is 9.59 Å². The Morgan fingerprint density at radius 1 is 1.14 bits per heavy atom. The van der Waals surface area contributed by atoms with E-state index in [-0.39, 0.29) is 17.9 Å². The molecule has 1 aromatic rings. The molecule has 0 aliphatic carbocycles. The Morgan fingerprint density at radius 3 is 2.23 bits per heavy atom. The molecule has 0 radical (unpaired) electrons. The quantitative estimate of drug-likeness (QED) is 0.922. The molecule has 0 aromatic heterocycles. The number of anilines is 1. The van der Waals surface area contributed by atoms with Gasteiger partial charge >= 0.3 is 0 Å². The smallest absolute Gasteiger partial charge is 0.241 e. The number of benzene rings is 1. The molecule has 1 saturated heterocycles. The van der Waals surface area contributed by atoms with E-state index in [1.54, 1.807) is 6.92 Å². The molecule has 1 atom stereocenters. The van der Waals surface area contributed by atoms with Gasteiger partial charge in [0, 0.05) is 38.8 Å². The zero-order chi connectivity index (χ0) is 16.1. The number of hydrogen-bond acceptors (Lipinski definition) is 3. The highest BCUT2D eigenvalue weighted by Gasteiger charge is 2.26. The molecule has 0 bridgehead atoms. The van der Waals surface area contributed by atoms with E-state index >= 15 is 0 Å². The maximum absolute atomic E-state index is 12.3. The number of carbonyl (C=O) groups is 2. The summed E-state index contributed by atoms with van der Waals surface area (Å²) in [6.45, 7) is 8.48. The first-order valence-electron chi connectivity index (χ1n) is 7.90. The van der Waals surface area contributed by atoms with Crippen LogP contribution < -0.4 is 5.32 Å². The second kappa shape index (κ2) is 7.40. The standard InChI is InChI=1S/C17H25N3O2/c1-4-15-5-7-16(8-6-15)18-17(22)13(2)19-9-11-20(12-10-19)14(3)21/h5-8,13H,4,9-12H2,1-3H3,(H,18,22)/t13-/m1/s1. The zero-order valence-electron chi connectivity index (χ0n) is 13.6. The molecule has 5 heteroatoms. The number of rotatable bonds is 4. The van der Waals surface area contributed by atoms with E-state index in [2.05, 4.69) is 17.1 Å². The van der Waals surface area contributed by atoms with Gasteiger partial charge in [-0.3, -0.25) is 14.5 Å². The molecule has 2 amide bonds. The summed E-state index contributed by atoms with van der Waals surface area (Å²) in [4.78, 5) is 27.6. The lowest BCUT2D eigenvalue weighted by atomic mass is 10.1. The Hall–Kier alpha value is -1.88. The third-order valence-corrected chi connectivity index (χ3v) is 4.32. The maximum Gasteiger partial charge on any atom is 0.241 e. The first-order chi connectivity index (χ1) is 10.5. The molecule has 1 aliphatic rings. The molecule has 2 rings (SSSR count). The normalized spacial score (nSPS) is 17.1. The summed E-state index contributed by atoms with van der Waals surface area (Å²) >= 11 is 0. The minimum absolute atomic E-state index is 0.000485. The highest BCUT2D eigenvalue weighted by atomic mass is 16.2. The number of carbonyl (C=O) groups excluding carboxylic acids is 2. The van der Waals surface area contributed by atoms with E-state index in [0.717, 1.165) is 25.2 Å². The van der Waals surface area contributed by atoms with Crippen molar-refractivity contribution in [2.24, 2.45) is 0 Å². The van der Waals surface area contributed by atoms with E-state index in [0.29, 0.717) is 13.1 Å². The third-order valence-electron chi connectivity index (χ3n) is 4.32. The van der Waals surface area contributed by atoms with Crippen molar-refractivity contribution in [3.8, 4) is 0 Å². The van der Waals surface area contributed by atoms with Gasteiger partial charge in [0.05, 0.1) is 6.04 Å². The number of hydrogen-bond donors (Lipinski definition) is 1. The molecule has 120 valence electrons. The minimum Gasteiger partial charge on any atom is -0.340 e. The summed E-state index contributed by atoms with van der Waals surface area (Å²) in [5.41, 5.74) is 2.09. The van der Waals surface area contributed by atoms with Gasteiger partial charge in [-0.25, -0.2) is 0 Å². The van der Waals surface area contributed by atoms with Crippen LogP contribution in [0.15, 0.2) is 24.3 Å². The van der Waals surface area contributed by atoms with Crippen LogP contribution in [0.25, 0.3) is 0 Å². The van der Waals surface area contributed by atoms with Gasteiger partial charge in [-0.15, -0.1) is 0 Å². The molecule has 1 heterocycles. The van der Waals surface area contributed by atoms with Crippen molar-refractivity contribution in [2.45, 2.75) is 33.2 Å². The molecular weight excluding hydrogens is 278 g/mol. The number of aryl methyl sites for hydroxylation is 1. The van der Waals surface area contributed by atoms with Gasteiger partial charge in [0.15, 0.2) is 0 Å². The average Bonchev–Trinajstić information content (AvgIpc) is 2.55. The van der Waals surface area contributed by atoms with Gasteiger partial charge in [0.1, 0.15) is 0 Å². The molecule has 1 aliphatic heterocycles. The van der Waals surface area contributed by atoms with Crippen molar-refractivity contribution >= 4 is 17.5 Å². The second-order valence-corrected chi connectivity index (χ2v) is 5.76. The Bertz CT molecular complexity index is 519. The van der Waals surface area contributed by atoms with Crippen molar-refractivity contribution in [3.05, 3.63) is 29.8 Å².